The second kappa shape index (κ2) is 8.79. The van der Waals surface area contributed by atoms with Crippen molar-refractivity contribution in [3.8, 4) is 0 Å². The first-order valence-electron chi connectivity index (χ1n) is 10.8. The summed E-state index contributed by atoms with van der Waals surface area (Å²) in [7, 11) is 1.73. The number of amidine groups is 1. The fourth-order valence-electron chi connectivity index (χ4n) is 4.08. The van der Waals surface area contributed by atoms with Gasteiger partial charge in [0.25, 0.3) is 5.91 Å². The van der Waals surface area contributed by atoms with Gasteiger partial charge in [-0.05, 0) is 55.5 Å². The summed E-state index contributed by atoms with van der Waals surface area (Å²) in [6, 6.07) is 14.8. The molecule has 3 amide bonds. The van der Waals surface area contributed by atoms with Crippen LogP contribution in [-0.2, 0) is 4.79 Å². The molecule has 0 unspecified atom stereocenters. The molecule has 2 N–H and O–H groups in total. The zero-order valence-corrected chi connectivity index (χ0v) is 18.3. The van der Waals surface area contributed by atoms with Crippen LogP contribution >= 0.6 is 0 Å². The van der Waals surface area contributed by atoms with Crippen LogP contribution in [0.25, 0.3) is 0 Å². The second-order valence-corrected chi connectivity index (χ2v) is 8.41. The van der Waals surface area contributed by atoms with Crippen LogP contribution < -0.4 is 15.5 Å². The standard InChI is InChI=1S/C24H29N5O2/c1-16-11-13-29(14-12-16)22-19-9-4-5-10-20(19)28(3)23(30)21(26-22)27-24(31)25-18-8-6-7-17(2)15-18/h4-10,15-16,21H,11-14H2,1-3H3,(H2,25,27,31)/t21-/m0/s1. The van der Waals surface area contributed by atoms with Gasteiger partial charge in [0, 0.05) is 31.4 Å². The molecule has 2 aliphatic rings. The number of para-hydroxylation sites is 1. The molecule has 0 bridgehead atoms. The largest absolute Gasteiger partial charge is 0.356 e. The number of carbonyl (C=O) groups is 2. The Morgan fingerprint density at radius 2 is 1.84 bits per heavy atom. The van der Waals surface area contributed by atoms with Gasteiger partial charge < -0.3 is 20.4 Å². The second-order valence-electron chi connectivity index (χ2n) is 8.41. The lowest BCUT2D eigenvalue weighted by Gasteiger charge is -2.33. The Kier molecular flexibility index (Phi) is 5.93. The fourth-order valence-corrected chi connectivity index (χ4v) is 4.08. The number of benzodiazepines with no additional fused rings is 1. The molecular formula is C24H29N5O2. The van der Waals surface area contributed by atoms with Crippen LogP contribution in [0.4, 0.5) is 16.2 Å². The van der Waals surface area contributed by atoms with Crippen molar-refractivity contribution in [3.63, 3.8) is 0 Å². The number of nitrogens with one attached hydrogen (secondary N) is 2. The quantitative estimate of drug-likeness (QED) is 0.781. The Labute approximate surface area is 183 Å². The van der Waals surface area contributed by atoms with E-state index in [4.69, 9.17) is 4.99 Å². The highest BCUT2D eigenvalue weighted by Gasteiger charge is 2.33. The van der Waals surface area contributed by atoms with Crippen LogP contribution in [0.2, 0.25) is 0 Å². The Morgan fingerprint density at radius 3 is 2.58 bits per heavy atom. The monoisotopic (exact) mass is 419 g/mol. The first-order valence-corrected chi connectivity index (χ1v) is 10.8. The first kappa shape index (κ1) is 20.9. The molecule has 7 nitrogen and oxygen atoms in total. The lowest BCUT2D eigenvalue weighted by Crippen LogP contribution is -2.48. The van der Waals surface area contributed by atoms with Gasteiger partial charge in [-0.15, -0.1) is 0 Å². The van der Waals surface area contributed by atoms with E-state index in [1.54, 1.807) is 11.9 Å². The zero-order valence-electron chi connectivity index (χ0n) is 18.3. The molecule has 2 heterocycles. The van der Waals surface area contributed by atoms with Crippen molar-refractivity contribution in [2.24, 2.45) is 10.9 Å². The Bertz CT molecular complexity index is 1010. The maximum atomic E-state index is 13.2. The summed E-state index contributed by atoms with van der Waals surface area (Å²) < 4.78 is 0. The van der Waals surface area contributed by atoms with E-state index < -0.39 is 12.2 Å². The molecule has 2 aromatic rings. The van der Waals surface area contributed by atoms with Gasteiger partial charge in [-0.1, -0.05) is 31.2 Å². The number of hydrogen-bond acceptors (Lipinski definition) is 4. The van der Waals surface area contributed by atoms with Crippen molar-refractivity contribution in [2.45, 2.75) is 32.9 Å². The minimum absolute atomic E-state index is 0.271. The maximum Gasteiger partial charge on any atom is 0.321 e. The van der Waals surface area contributed by atoms with Crippen LogP contribution in [0.15, 0.2) is 53.5 Å². The normalized spacial score (nSPS) is 19.4. The smallest absolute Gasteiger partial charge is 0.321 e. The zero-order chi connectivity index (χ0) is 22.0. The van der Waals surface area contributed by atoms with Gasteiger partial charge in [-0.25, -0.2) is 9.79 Å². The molecule has 0 spiro atoms. The van der Waals surface area contributed by atoms with E-state index in [1.807, 2.05) is 55.5 Å². The van der Waals surface area contributed by atoms with Crippen molar-refractivity contribution in [1.82, 2.24) is 10.2 Å². The molecule has 1 saturated heterocycles. The third-order valence-corrected chi connectivity index (χ3v) is 5.95. The summed E-state index contributed by atoms with van der Waals surface area (Å²) in [5.41, 5.74) is 3.42. The molecule has 1 atom stereocenters. The lowest BCUT2D eigenvalue weighted by molar-refractivity contribution is -0.119. The number of rotatable bonds is 2. The van der Waals surface area contributed by atoms with Crippen LogP contribution in [0, 0.1) is 12.8 Å². The molecule has 7 heteroatoms. The molecule has 1 fully saturated rings. The van der Waals surface area contributed by atoms with Crippen LogP contribution in [0.1, 0.15) is 30.9 Å². The number of urea groups is 1. The SMILES string of the molecule is Cc1cccc(NC(=O)N[C@@H]2N=C(N3CCC(C)CC3)c3ccccc3N(C)C2=O)c1. The minimum atomic E-state index is -1.00. The highest BCUT2D eigenvalue weighted by Crippen LogP contribution is 2.28. The van der Waals surface area contributed by atoms with E-state index in [0.29, 0.717) is 11.6 Å². The van der Waals surface area contributed by atoms with Crippen molar-refractivity contribution in [2.75, 3.05) is 30.4 Å². The molecule has 162 valence electrons. The van der Waals surface area contributed by atoms with Crippen LogP contribution in [0.5, 0.6) is 0 Å². The van der Waals surface area contributed by atoms with Crippen LogP contribution in [-0.4, -0.2) is 49.0 Å². The van der Waals surface area contributed by atoms with Crippen molar-refractivity contribution >= 4 is 29.1 Å². The van der Waals surface area contributed by atoms with Gasteiger partial charge in [0.05, 0.1) is 5.69 Å². The van der Waals surface area contributed by atoms with E-state index >= 15 is 0 Å². The van der Waals surface area contributed by atoms with E-state index in [-0.39, 0.29) is 5.91 Å². The number of likely N-dealkylation sites (tertiary alicyclic amines) is 1. The van der Waals surface area contributed by atoms with Gasteiger partial charge in [0.15, 0.2) is 0 Å². The molecule has 31 heavy (non-hydrogen) atoms. The lowest BCUT2D eigenvalue weighted by atomic mass is 9.98. The minimum Gasteiger partial charge on any atom is -0.356 e. The highest BCUT2D eigenvalue weighted by atomic mass is 16.2. The average Bonchev–Trinajstić information content (AvgIpc) is 2.85. The maximum absolute atomic E-state index is 13.2. The molecule has 0 saturated carbocycles. The van der Waals surface area contributed by atoms with Crippen LogP contribution in [0.3, 0.4) is 0 Å². The third-order valence-electron chi connectivity index (χ3n) is 5.95. The molecule has 2 aliphatic heterocycles. The number of likely N-dealkylation sites (N-methyl/N-ethyl adjacent to an activating group) is 1. The summed E-state index contributed by atoms with van der Waals surface area (Å²) in [4.78, 5) is 34.5. The summed E-state index contributed by atoms with van der Waals surface area (Å²) in [6.07, 6.45) is 1.16. The number of benzene rings is 2. The summed E-state index contributed by atoms with van der Waals surface area (Å²) >= 11 is 0. The number of carbonyl (C=O) groups excluding carboxylic acids is 2. The number of hydrogen-bond donors (Lipinski definition) is 2. The summed E-state index contributed by atoms with van der Waals surface area (Å²) in [5.74, 6) is 1.17. The Hall–Kier alpha value is -3.35. The van der Waals surface area contributed by atoms with Crippen molar-refractivity contribution in [3.05, 3.63) is 59.7 Å². The number of aliphatic imine (C=N–C) groups is 1. The number of piperidine rings is 1. The van der Waals surface area contributed by atoms with E-state index in [9.17, 15) is 9.59 Å². The van der Waals surface area contributed by atoms with Gasteiger partial charge >= 0.3 is 6.03 Å². The van der Waals surface area contributed by atoms with Gasteiger partial charge in [-0.3, -0.25) is 4.79 Å². The van der Waals surface area contributed by atoms with E-state index in [1.165, 1.54) is 0 Å². The number of amides is 3. The van der Waals surface area contributed by atoms with Gasteiger partial charge in [0.2, 0.25) is 6.17 Å². The molecular weight excluding hydrogens is 390 g/mol. The molecule has 2 aromatic carbocycles. The van der Waals surface area contributed by atoms with Gasteiger partial charge in [-0.2, -0.15) is 0 Å². The molecule has 0 radical (unpaired) electrons. The molecule has 0 aromatic heterocycles. The average molecular weight is 420 g/mol. The van der Waals surface area contributed by atoms with E-state index in [2.05, 4.69) is 22.5 Å². The number of anilines is 2. The number of aryl methyl sites for hydroxylation is 1. The van der Waals surface area contributed by atoms with Crippen molar-refractivity contribution < 1.29 is 9.59 Å². The summed E-state index contributed by atoms with van der Waals surface area (Å²) in [6.45, 7) is 5.99. The topological polar surface area (TPSA) is 77.0 Å². The first-order chi connectivity index (χ1) is 14.9. The van der Waals surface area contributed by atoms with E-state index in [0.717, 1.165) is 48.6 Å². The fraction of sp³-hybridized carbons (Fsp3) is 0.375. The summed E-state index contributed by atoms with van der Waals surface area (Å²) in [5, 5.41) is 5.57. The molecule has 4 rings (SSSR count). The predicted molar refractivity (Wildman–Crippen MR) is 123 cm³/mol. The molecule has 0 aliphatic carbocycles. The number of fused-ring (bicyclic) bond motifs is 1. The van der Waals surface area contributed by atoms with Gasteiger partial charge in [0.1, 0.15) is 5.84 Å². The van der Waals surface area contributed by atoms with Crippen molar-refractivity contribution in [1.29, 1.82) is 0 Å². The Balaban J connectivity index is 1.63. The highest BCUT2D eigenvalue weighted by molar-refractivity contribution is 6.12. The Morgan fingerprint density at radius 1 is 1.10 bits per heavy atom. The number of nitrogens with zero attached hydrogens (tertiary/aromatic N) is 3. The third kappa shape index (κ3) is 4.55. The predicted octanol–water partition coefficient (Wildman–Crippen LogP) is 3.60.